The molecule has 0 aromatic heterocycles. The van der Waals surface area contributed by atoms with Gasteiger partial charge in [-0.15, -0.1) is 0 Å². The number of piperidine rings is 1. The van der Waals surface area contributed by atoms with E-state index in [-0.39, 0.29) is 6.10 Å². The lowest BCUT2D eigenvalue weighted by molar-refractivity contribution is 0.0821. The lowest BCUT2D eigenvalue weighted by Crippen LogP contribution is -2.37. The quantitative estimate of drug-likeness (QED) is 0.635. The van der Waals surface area contributed by atoms with Crippen LogP contribution in [0.2, 0.25) is 0 Å². The number of hydrogen-bond acceptors (Lipinski definition) is 3. The third-order valence-electron chi connectivity index (χ3n) is 3.22. The number of hydrogen-bond donors (Lipinski definition) is 2. The molecule has 3 nitrogen and oxygen atoms in total. The molecule has 14 heavy (non-hydrogen) atoms. The molecule has 0 spiro atoms. The first-order valence-electron chi connectivity index (χ1n) is 5.98. The van der Waals surface area contributed by atoms with Gasteiger partial charge < -0.3 is 15.3 Å². The maximum atomic E-state index is 9.34. The van der Waals surface area contributed by atoms with E-state index in [4.69, 9.17) is 0 Å². The predicted octanol–water partition coefficient (Wildman–Crippen LogP) is 0.585. The van der Waals surface area contributed by atoms with Crippen molar-refractivity contribution in [2.75, 3.05) is 26.2 Å². The molecule has 0 bridgehead atoms. The molecule has 0 aromatic rings. The molecule has 1 saturated heterocycles. The van der Waals surface area contributed by atoms with E-state index in [1.165, 1.54) is 32.4 Å². The van der Waals surface area contributed by atoms with Crippen molar-refractivity contribution in [1.82, 2.24) is 10.2 Å². The summed E-state index contributed by atoms with van der Waals surface area (Å²) in [6, 6.07) is 0.846. The molecule has 1 aliphatic heterocycles. The van der Waals surface area contributed by atoms with E-state index in [1.54, 1.807) is 0 Å². The molecule has 3 heteroatoms. The Labute approximate surface area is 86.5 Å². The first-order valence-corrected chi connectivity index (χ1v) is 5.98. The highest BCUT2D eigenvalue weighted by Gasteiger charge is 2.20. The van der Waals surface area contributed by atoms with Crippen LogP contribution < -0.4 is 5.32 Å². The van der Waals surface area contributed by atoms with Gasteiger partial charge in [-0.2, -0.15) is 0 Å². The second-order valence-electron chi connectivity index (χ2n) is 4.65. The van der Waals surface area contributed by atoms with E-state index in [0.29, 0.717) is 0 Å². The molecule has 2 aliphatic rings. The Morgan fingerprint density at radius 2 is 1.86 bits per heavy atom. The third kappa shape index (κ3) is 3.56. The number of nitrogens with zero attached hydrogens (tertiary/aromatic N) is 1. The van der Waals surface area contributed by atoms with Crippen LogP contribution in [0.4, 0.5) is 0 Å². The summed E-state index contributed by atoms with van der Waals surface area (Å²) in [4.78, 5) is 2.47. The summed E-state index contributed by atoms with van der Waals surface area (Å²) < 4.78 is 0. The number of aliphatic hydroxyl groups is 1. The summed E-state index contributed by atoms with van der Waals surface area (Å²) in [6.45, 7) is 4.55. The molecule has 0 amide bonds. The summed E-state index contributed by atoms with van der Waals surface area (Å²) >= 11 is 0. The predicted molar refractivity (Wildman–Crippen MR) is 57.3 cm³/mol. The summed E-state index contributed by atoms with van der Waals surface area (Å²) in [5.74, 6) is 0. The summed E-state index contributed by atoms with van der Waals surface area (Å²) in [5, 5.41) is 12.9. The Balaban J connectivity index is 1.47. The van der Waals surface area contributed by atoms with Gasteiger partial charge in [0.1, 0.15) is 0 Å². The molecule has 2 fully saturated rings. The molecule has 2 N–H and O–H groups in total. The Morgan fingerprint density at radius 3 is 2.50 bits per heavy atom. The van der Waals surface area contributed by atoms with Gasteiger partial charge >= 0.3 is 0 Å². The van der Waals surface area contributed by atoms with Crippen molar-refractivity contribution in [2.24, 2.45) is 0 Å². The van der Waals surface area contributed by atoms with Gasteiger partial charge in [-0.05, 0) is 45.2 Å². The Hall–Kier alpha value is -0.120. The first kappa shape index (κ1) is 10.4. The van der Waals surface area contributed by atoms with Crippen LogP contribution in [0.15, 0.2) is 0 Å². The SMILES string of the molecule is OC1CCN(CCCNC2CC2)CC1. The van der Waals surface area contributed by atoms with Gasteiger partial charge in [0.15, 0.2) is 0 Å². The zero-order valence-corrected chi connectivity index (χ0v) is 8.91. The van der Waals surface area contributed by atoms with Gasteiger partial charge in [0, 0.05) is 19.1 Å². The second kappa shape index (κ2) is 5.10. The minimum atomic E-state index is -0.0316. The molecule has 0 atom stereocenters. The van der Waals surface area contributed by atoms with Crippen LogP contribution in [0.1, 0.15) is 32.1 Å². The fourth-order valence-electron chi connectivity index (χ4n) is 2.04. The molecule has 1 saturated carbocycles. The largest absolute Gasteiger partial charge is 0.393 e. The topological polar surface area (TPSA) is 35.5 Å². The number of aliphatic hydroxyl groups excluding tert-OH is 1. The van der Waals surface area contributed by atoms with Crippen molar-refractivity contribution in [3.8, 4) is 0 Å². The Bertz CT molecular complexity index is 163. The Morgan fingerprint density at radius 1 is 1.14 bits per heavy atom. The van der Waals surface area contributed by atoms with Crippen molar-refractivity contribution in [3.05, 3.63) is 0 Å². The fourth-order valence-corrected chi connectivity index (χ4v) is 2.04. The van der Waals surface area contributed by atoms with E-state index in [9.17, 15) is 5.11 Å². The van der Waals surface area contributed by atoms with Gasteiger partial charge in [0.05, 0.1) is 6.10 Å². The molecule has 1 heterocycles. The fraction of sp³-hybridized carbons (Fsp3) is 1.00. The molecule has 82 valence electrons. The highest BCUT2D eigenvalue weighted by molar-refractivity contribution is 4.80. The summed E-state index contributed by atoms with van der Waals surface area (Å²) in [6.07, 6.45) is 5.93. The standard InChI is InChI=1S/C11H22N2O/c14-11-4-8-13(9-5-11)7-1-6-12-10-2-3-10/h10-12,14H,1-9H2. The zero-order chi connectivity index (χ0) is 9.80. The normalized spacial score (nSPS) is 25.5. The van der Waals surface area contributed by atoms with E-state index in [1.807, 2.05) is 0 Å². The lowest BCUT2D eigenvalue weighted by atomic mass is 10.1. The van der Waals surface area contributed by atoms with Crippen LogP contribution in [-0.2, 0) is 0 Å². The molecular formula is C11H22N2O. The average molecular weight is 198 g/mol. The summed E-state index contributed by atoms with van der Waals surface area (Å²) in [7, 11) is 0. The van der Waals surface area contributed by atoms with Crippen LogP contribution in [-0.4, -0.2) is 48.3 Å². The molecule has 2 rings (SSSR count). The maximum Gasteiger partial charge on any atom is 0.0564 e. The molecule has 0 unspecified atom stereocenters. The van der Waals surface area contributed by atoms with Crippen molar-refractivity contribution in [3.63, 3.8) is 0 Å². The maximum absolute atomic E-state index is 9.34. The van der Waals surface area contributed by atoms with Crippen LogP contribution in [0.3, 0.4) is 0 Å². The smallest absolute Gasteiger partial charge is 0.0564 e. The molecular weight excluding hydrogens is 176 g/mol. The first-order chi connectivity index (χ1) is 6.84. The molecule has 0 radical (unpaired) electrons. The Kier molecular flexibility index (Phi) is 3.79. The van der Waals surface area contributed by atoms with Crippen molar-refractivity contribution < 1.29 is 5.11 Å². The third-order valence-corrected chi connectivity index (χ3v) is 3.22. The van der Waals surface area contributed by atoms with Crippen molar-refractivity contribution in [1.29, 1.82) is 0 Å². The van der Waals surface area contributed by atoms with Crippen LogP contribution >= 0.6 is 0 Å². The zero-order valence-electron chi connectivity index (χ0n) is 8.91. The van der Waals surface area contributed by atoms with Crippen LogP contribution in [0.25, 0.3) is 0 Å². The minimum absolute atomic E-state index is 0.0316. The van der Waals surface area contributed by atoms with Crippen LogP contribution in [0, 0.1) is 0 Å². The number of likely N-dealkylation sites (tertiary alicyclic amines) is 1. The average Bonchev–Trinajstić information content (AvgIpc) is 2.99. The van der Waals surface area contributed by atoms with E-state index in [2.05, 4.69) is 10.2 Å². The summed E-state index contributed by atoms with van der Waals surface area (Å²) in [5.41, 5.74) is 0. The van der Waals surface area contributed by atoms with E-state index < -0.39 is 0 Å². The van der Waals surface area contributed by atoms with E-state index >= 15 is 0 Å². The highest BCUT2D eigenvalue weighted by Crippen LogP contribution is 2.18. The van der Waals surface area contributed by atoms with Gasteiger partial charge in [-0.25, -0.2) is 0 Å². The molecule has 1 aliphatic carbocycles. The highest BCUT2D eigenvalue weighted by atomic mass is 16.3. The van der Waals surface area contributed by atoms with Gasteiger partial charge in [0.2, 0.25) is 0 Å². The van der Waals surface area contributed by atoms with E-state index in [0.717, 1.165) is 32.0 Å². The van der Waals surface area contributed by atoms with Gasteiger partial charge in [0.25, 0.3) is 0 Å². The minimum Gasteiger partial charge on any atom is -0.393 e. The number of rotatable bonds is 5. The second-order valence-corrected chi connectivity index (χ2v) is 4.65. The van der Waals surface area contributed by atoms with Gasteiger partial charge in [-0.1, -0.05) is 0 Å². The monoisotopic (exact) mass is 198 g/mol. The molecule has 0 aromatic carbocycles. The van der Waals surface area contributed by atoms with Crippen LogP contribution in [0.5, 0.6) is 0 Å². The van der Waals surface area contributed by atoms with Gasteiger partial charge in [-0.3, -0.25) is 0 Å². The van der Waals surface area contributed by atoms with Crippen molar-refractivity contribution in [2.45, 2.75) is 44.2 Å². The lowest BCUT2D eigenvalue weighted by Gasteiger charge is -2.29. The van der Waals surface area contributed by atoms with Crippen molar-refractivity contribution >= 4 is 0 Å². The number of nitrogens with one attached hydrogen (secondary N) is 1.